The van der Waals surface area contributed by atoms with Gasteiger partial charge < -0.3 is 5.73 Å². The molecule has 0 aliphatic rings. The maximum Gasteiger partial charge on any atom is 0.281 e. The van der Waals surface area contributed by atoms with Gasteiger partial charge in [0.1, 0.15) is 11.8 Å². The Morgan fingerprint density at radius 2 is 2.29 bits per heavy atom. The molecule has 3 nitrogen and oxygen atoms in total. The fraction of sp³-hybridized carbons (Fsp3) is 0.250. The van der Waals surface area contributed by atoms with Crippen LogP contribution in [0.2, 0.25) is 0 Å². The van der Waals surface area contributed by atoms with E-state index in [4.69, 9.17) is 11.0 Å². The summed E-state index contributed by atoms with van der Waals surface area (Å²) in [6, 6.07) is 1.71. The molecule has 6 heteroatoms. The van der Waals surface area contributed by atoms with Crippen LogP contribution in [0.3, 0.4) is 0 Å². The van der Waals surface area contributed by atoms with Crippen LogP contribution in [0.25, 0.3) is 0 Å². The Labute approximate surface area is 93.1 Å². The number of halogens is 3. The zero-order valence-corrected chi connectivity index (χ0v) is 9.12. The molecule has 0 saturated heterocycles. The zero-order chi connectivity index (χ0) is 10.7. The third-order valence-electron chi connectivity index (χ3n) is 1.66. The normalized spacial score (nSPS) is 10.3. The first-order chi connectivity index (χ1) is 6.61. The van der Waals surface area contributed by atoms with Crippen molar-refractivity contribution in [1.82, 2.24) is 4.98 Å². The van der Waals surface area contributed by atoms with E-state index in [1.165, 1.54) is 6.20 Å². The average Bonchev–Trinajstić information content (AvgIpc) is 2.17. The van der Waals surface area contributed by atoms with E-state index in [2.05, 4.69) is 4.98 Å². The molecule has 0 atom stereocenters. The molecular formula is C8H6F2IN3. The molecule has 2 N–H and O–H groups in total. The summed E-state index contributed by atoms with van der Waals surface area (Å²) in [5.74, 6) is 0. The van der Waals surface area contributed by atoms with Gasteiger partial charge in [-0.05, 0) is 28.2 Å². The number of pyridine rings is 1. The number of hydrogen-bond acceptors (Lipinski definition) is 3. The molecule has 1 rings (SSSR count). The summed E-state index contributed by atoms with van der Waals surface area (Å²) in [6.45, 7) is 0.184. The molecule has 0 amide bonds. The molecule has 0 fully saturated rings. The van der Waals surface area contributed by atoms with E-state index in [-0.39, 0.29) is 12.1 Å². The van der Waals surface area contributed by atoms with E-state index >= 15 is 0 Å². The Morgan fingerprint density at radius 3 is 2.71 bits per heavy atom. The van der Waals surface area contributed by atoms with Gasteiger partial charge in [-0.3, -0.25) is 4.98 Å². The highest BCUT2D eigenvalue weighted by atomic mass is 127. The van der Waals surface area contributed by atoms with Crippen molar-refractivity contribution < 1.29 is 8.78 Å². The van der Waals surface area contributed by atoms with Crippen LogP contribution < -0.4 is 5.73 Å². The van der Waals surface area contributed by atoms with Gasteiger partial charge in [-0.1, -0.05) is 0 Å². The topological polar surface area (TPSA) is 62.7 Å². The van der Waals surface area contributed by atoms with Gasteiger partial charge in [-0.25, -0.2) is 8.78 Å². The highest BCUT2D eigenvalue weighted by Crippen LogP contribution is 2.25. The van der Waals surface area contributed by atoms with E-state index < -0.39 is 12.1 Å². The minimum Gasteiger partial charge on any atom is -0.326 e. The summed E-state index contributed by atoms with van der Waals surface area (Å²) in [5.41, 5.74) is 5.40. The number of nitriles is 1. The van der Waals surface area contributed by atoms with Crippen molar-refractivity contribution in [3.63, 3.8) is 0 Å². The lowest BCUT2D eigenvalue weighted by Crippen LogP contribution is -2.06. The van der Waals surface area contributed by atoms with Crippen LogP contribution in [-0.2, 0) is 6.54 Å². The standard InChI is InChI=1S/C8H6F2IN3/c9-8(10)7-5(2-13)6(11)4(1-12)3-14-7/h3,8H,1,12H2. The highest BCUT2D eigenvalue weighted by Gasteiger charge is 2.18. The van der Waals surface area contributed by atoms with Gasteiger partial charge in [-0.2, -0.15) is 5.26 Å². The third kappa shape index (κ3) is 1.99. The lowest BCUT2D eigenvalue weighted by Gasteiger charge is -2.06. The molecule has 1 heterocycles. The molecule has 0 aliphatic heterocycles. The fourth-order valence-electron chi connectivity index (χ4n) is 0.956. The maximum absolute atomic E-state index is 12.4. The lowest BCUT2D eigenvalue weighted by molar-refractivity contribution is 0.145. The molecule has 0 spiro atoms. The predicted molar refractivity (Wildman–Crippen MR) is 54.5 cm³/mol. The average molecular weight is 309 g/mol. The summed E-state index contributed by atoms with van der Waals surface area (Å²) < 4.78 is 25.2. The Kier molecular flexibility index (Phi) is 3.71. The van der Waals surface area contributed by atoms with E-state index in [9.17, 15) is 8.78 Å². The van der Waals surface area contributed by atoms with Crippen molar-refractivity contribution in [3.8, 4) is 6.07 Å². The maximum atomic E-state index is 12.4. The van der Waals surface area contributed by atoms with Gasteiger partial charge in [0.15, 0.2) is 0 Å². The minimum absolute atomic E-state index is 0.0800. The van der Waals surface area contributed by atoms with Crippen LogP contribution in [0.5, 0.6) is 0 Å². The Balaban J connectivity index is 3.38. The van der Waals surface area contributed by atoms with Crippen LogP contribution in [0.1, 0.15) is 23.2 Å². The van der Waals surface area contributed by atoms with Crippen molar-refractivity contribution in [2.24, 2.45) is 5.73 Å². The molecule has 0 aliphatic carbocycles. The molecule has 0 bridgehead atoms. The fourth-order valence-corrected chi connectivity index (χ4v) is 1.71. The number of nitrogens with zero attached hydrogens (tertiary/aromatic N) is 2. The summed E-state index contributed by atoms with van der Waals surface area (Å²) >= 11 is 1.82. The summed E-state index contributed by atoms with van der Waals surface area (Å²) in [7, 11) is 0. The first-order valence-electron chi connectivity index (χ1n) is 3.67. The Hall–Kier alpha value is -0.810. The van der Waals surface area contributed by atoms with Crippen molar-refractivity contribution in [2.45, 2.75) is 13.0 Å². The second-order valence-electron chi connectivity index (χ2n) is 2.47. The molecule has 0 radical (unpaired) electrons. The van der Waals surface area contributed by atoms with Gasteiger partial charge in [-0.15, -0.1) is 0 Å². The zero-order valence-electron chi connectivity index (χ0n) is 6.97. The molecule has 74 valence electrons. The van der Waals surface area contributed by atoms with Crippen molar-refractivity contribution in [3.05, 3.63) is 26.6 Å². The largest absolute Gasteiger partial charge is 0.326 e. The molecular weight excluding hydrogens is 303 g/mol. The first kappa shape index (κ1) is 11.3. The molecule has 0 unspecified atom stereocenters. The van der Waals surface area contributed by atoms with Crippen molar-refractivity contribution >= 4 is 22.6 Å². The number of nitrogens with two attached hydrogens (primary N) is 1. The number of rotatable bonds is 2. The molecule has 1 aromatic heterocycles. The number of alkyl halides is 2. The van der Waals surface area contributed by atoms with E-state index in [1.807, 2.05) is 22.6 Å². The third-order valence-corrected chi connectivity index (χ3v) is 2.89. The van der Waals surface area contributed by atoms with Crippen LogP contribution in [0.4, 0.5) is 8.78 Å². The highest BCUT2D eigenvalue weighted by molar-refractivity contribution is 14.1. The van der Waals surface area contributed by atoms with E-state index in [0.717, 1.165) is 0 Å². The van der Waals surface area contributed by atoms with Gasteiger partial charge in [0, 0.05) is 16.3 Å². The first-order valence-corrected chi connectivity index (χ1v) is 4.75. The Bertz CT molecular complexity index is 387. The van der Waals surface area contributed by atoms with E-state index in [1.54, 1.807) is 6.07 Å². The van der Waals surface area contributed by atoms with Gasteiger partial charge >= 0.3 is 0 Å². The summed E-state index contributed by atoms with van der Waals surface area (Å²) in [6.07, 6.45) is -1.45. The second kappa shape index (κ2) is 4.61. The smallest absolute Gasteiger partial charge is 0.281 e. The monoisotopic (exact) mass is 309 g/mol. The van der Waals surface area contributed by atoms with Crippen molar-refractivity contribution in [2.75, 3.05) is 0 Å². The minimum atomic E-state index is -2.73. The summed E-state index contributed by atoms with van der Waals surface area (Å²) in [4.78, 5) is 3.52. The quantitative estimate of drug-likeness (QED) is 0.849. The van der Waals surface area contributed by atoms with E-state index in [0.29, 0.717) is 9.13 Å². The molecule has 0 aromatic carbocycles. The number of aromatic nitrogens is 1. The van der Waals surface area contributed by atoms with Crippen LogP contribution >= 0.6 is 22.6 Å². The Morgan fingerprint density at radius 1 is 1.64 bits per heavy atom. The van der Waals surface area contributed by atoms with Gasteiger partial charge in [0.05, 0.1) is 5.56 Å². The van der Waals surface area contributed by atoms with Gasteiger partial charge in [0.2, 0.25) is 0 Å². The second-order valence-corrected chi connectivity index (χ2v) is 3.55. The molecule has 0 saturated carbocycles. The van der Waals surface area contributed by atoms with Crippen molar-refractivity contribution in [1.29, 1.82) is 5.26 Å². The molecule has 14 heavy (non-hydrogen) atoms. The SMILES string of the molecule is N#Cc1c(C(F)F)ncc(CN)c1I. The van der Waals surface area contributed by atoms with Crippen LogP contribution in [0, 0.1) is 14.9 Å². The number of hydrogen-bond donors (Lipinski definition) is 1. The summed E-state index contributed by atoms with van der Waals surface area (Å²) in [5, 5.41) is 8.70. The van der Waals surface area contributed by atoms with Crippen LogP contribution in [0.15, 0.2) is 6.20 Å². The van der Waals surface area contributed by atoms with Gasteiger partial charge in [0.25, 0.3) is 6.43 Å². The van der Waals surface area contributed by atoms with Crippen LogP contribution in [-0.4, -0.2) is 4.98 Å². The molecule has 1 aromatic rings. The predicted octanol–water partition coefficient (Wildman–Crippen LogP) is 1.95. The lowest BCUT2D eigenvalue weighted by atomic mass is 10.1.